The van der Waals surface area contributed by atoms with Crippen LogP contribution < -0.4 is 0 Å². The number of benzene rings is 1. The van der Waals surface area contributed by atoms with E-state index in [1.54, 1.807) is 11.9 Å². The molecule has 2 fully saturated rings. The van der Waals surface area contributed by atoms with Crippen LogP contribution in [0.3, 0.4) is 0 Å². The molecule has 2 amide bonds. The van der Waals surface area contributed by atoms with Gasteiger partial charge in [0.25, 0.3) is 0 Å². The molecule has 3 atom stereocenters. The Hall–Kier alpha value is -2.24. The van der Waals surface area contributed by atoms with Crippen LogP contribution in [0.5, 0.6) is 0 Å². The van der Waals surface area contributed by atoms with Gasteiger partial charge in [0, 0.05) is 25.2 Å². The van der Waals surface area contributed by atoms with Crippen LogP contribution in [-0.2, 0) is 16.1 Å². The van der Waals surface area contributed by atoms with Gasteiger partial charge in [-0.25, -0.2) is 9.59 Å². The maximum absolute atomic E-state index is 12.5. The van der Waals surface area contributed by atoms with Crippen LogP contribution >= 0.6 is 0 Å². The molecule has 0 N–H and O–H groups in total. The molecule has 6 nitrogen and oxygen atoms in total. The molecule has 0 spiro atoms. The smallest absolute Gasteiger partial charge is 0.410 e. The standard InChI is InChI=1S/C21H30N2O4/c1-21(2,3)27-20(25)23-16-10-11-17(23)13-18(12-16)22(4)19(24)26-14-15-8-6-5-7-9-15/h5-9,16-18H,10-14H2,1-4H3/t16-,17?,18?/m0/s1. The highest BCUT2D eigenvalue weighted by molar-refractivity contribution is 5.70. The predicted octanol–water partition coefficient (Wildman–Crippen LogP) is 4.19. The summed E-state index contributed by atoms with van der Waals surface area (Å²) in [7, 11) is 1.79. The number of nitrogens with zero attached hydrogens (tertiary/aromatic N) is 2. The van der Waals surface area contributed by atoms with Gasteiger partial charge >= 0.3 is 12.2 Å². The second kappa shape index (κ2) is 7.79. The summed E-state index contributed by atoms with van der Waals surface area (Å²) in [5.74, 6) is 0. The third-order valence-corrected chi connectivity index (χ3v) is 5.35. The van der Waals surface area contributed by atoms with Crippen molar-refractivity contribution in [1.29, 1.82) is 0 Å². The number of carbonyl (C=O) groups excluding carboxylic acids is 2. The fraction of sp³-hybridized carbons (Fsp3) is 0.619. The zero-order valence-corrected chi connectivity index (χ0v) is 16.7. The third kappa shape index (κ3) is 4.73. The van der Waals surface area contributed by atoms with Crippen molar-refractivity contribution in [3.05, 3.63) is 35.9 Å². The minimum absolute atomic E-state index is 0.0875. The molecule has 0 radical (unpaired) electrons. The first kappa shape index (κ1) is 19.5. The first-order valence-corrected chi connectivity index (χ1v) is 9.69. The predicted molar refractivity (Wildman–Crippen MR) is 102 cm³/mol. The lowest BCUT2D eigenvalue weighted by molar-refractivity contribution is -0.00250. The fourth-order valence-electron chi connectivity index (χ4n) is 4.05. The highest BCUT2D eigenvalue weighted by Crippen LogP contribution is 2.38. The highest BCUT2D eigenvalue weighted by atomic mass is 16.6. The summed E-state index contributed by atoms with van der Waals surface area (Å²) < 4.78 is 11.0. The molecular weight excluding hydrogens is 344 g/mol. The Labute approximate surface area is 161 Å². The SMILES string of the molecule is CN(C(=O)OCc1ccccc1)C1CC2CC[C@@H](C1)N2C(=O)OC(C)(C)C. The normalized spacial score (nSPS) is 24.4. The van der Waals surface area contributed by atoms with Gasteiger partial charge in [-0.05, 0) is 52.0 Å². The van der Waals surface area contributed by atoms with Crippen LogP contribution in [-0.4, -0.2) is 52.8 Å². The van der Waals surface area contributed by atoms with Gasteiger partial charge in [0.2, 0.25) is 0 Å². The molecule has 2 saturated heterocycles. The number of rotatable bonds is 3. The number of hydrogen-bond acceptors (Lipinski definition) is 4. The summed E-state index contributed by atoms with van der Waals surface area (Å²) in [6, 6.07) is 10.0. The van der Waals surface area contributed by atoms with Gasteiger partial charge in [0.15, 0.2) is 0 Å². The van der Waals surface area contributed by atoms with Crippen molar-refractivity contribution in [2.75, 3.05) is 7.05 Å². The average molecular weight is 374 g/mol. The molecular formula is C21H30N2O4. The monoisotopic (exact) mass is 374 g/mol. The summed E-state index contributed by atoms with van der Waals surface area (Å²) in [5, 5.41) is 0. The van der Waals surface area contributed by atoms with E-state index >= 15 is 0 Å². The Balaban J connectivity index is 1.55. The van der Waals surface area contributed by atoms with Crippen LogP contribution in [0.4, 0.5) is 9.59 Å². The molecule has 1 aromatic carbocycles. The Morgan fingerprint density at radius 2 is 1.70 bits per heavy atom. The second-order valence-electron chi connectivity index (χ2n) is 8.55. The summed E-state index contributed by atoms with van der Waals surface area (Å²) in [6.45, 7) is 5.93. The molecule has 2 bridgehead atoms. The maximum atomic E-state index is 12.5. The Kier molecular flexibility index (Phi) is 5.63. The van der Waals surface area contributed by atoms with Crippen LogP contribution in [0.2, 0.25) is 0 Å². The van der Waals surface area contributed by atoms with Crippen LogP contribution in [0.25, 0.3) is 0 Å². The Bertz CT molecular complexity index is 657. The number of hydrogen-bond donors (Lipinski definition) is 0. The summed E-state index contributed by atoms with van der Waals surface area (Å²) in [5.41, 5.74) is 0.477. The van der Waals surface area contributed by atoms with E-state index in [1.165, 1.54) is 0 Å². The van der Waals surface area contributed by atoms with Crippen molar-refractivity contribution < 1.29 is 19.1 Å². The van der Waals surface area contributed by atoms with Gasteiger partial charge in [0.05, 0.1) is 0 Å². The fourth-order valence-corrected chi connectivity index (χ4v) is 4.05. The van der Waals surface area contributed by atoms with Gasteiger partial charge in [-0.15, -0.1) is 0 Å². The highest BCUT2D eigenvalue weighted by Gasteiger charge is 2.46. The first-order chi connectivity index (χ1) is 12.7. The van der Waals surface area contributed by atoms with E-state index in [9.17, 15) is 9.59 Å². The third-order valence-electron chi connectivity index (χ3n) is 5.35. The quantitative estimate of drug-likeness (QED) is 0.796. The van der Waals surface area contributed by atoms with Crippen molar-refractivity contribution in [2.24, 2.45) is 0 Å². The van der Waals surface area contributed by atoms with Gasteiger partial charge < -0.3 is 19.3 Å². The van der Waals surface area contributed by atoms with Crippen LogP contribution in [0.15, 0.2) is 30.3 Å². The lowest BCUT2D eigenvalue weighted by Crippen LogP contribution is -2.53. The molecule has 148 valence electrons. The van der Waals surface area contributed by atoms with Gasteiger partial charge in [0.1, 0.15) is 12.2 Å². The van der Waals surface area contributed by atoms with Crippen molar-refractivity contribution >= 4 is 12.2 Å². The summed E-state index contributed by atoms with van der Waals surface area (Å²) >= 11 is 0. The van der Waals surface area contributed by atoms with Crippen molar-refractivity contribution in [1.82, 2.24) is 9.80 Å². The molecule has 2 unspecified atom stereocenters. The molecule has 1 aromatic rings. The minimum atomic E-state index is -0.495. The Morgan fingerprint density at radius 1 is 1.11 bits per heavy atom. The zero-order valence-electron chi connectivity index (χ0n) is 16.7. The number of ether oxygens (including phenoxy) is 2. The van der Waals surface area contributed by atoms with Crippen molar-refractivity contribution in [3.63, 3.8) is 0 Å². The summed E-state index contributed by atoms with van der Waals surface area (Å²) in [4.78, 5) is 28.6. The molecule has 0 aliphatic carbocycles. The topological polar surface area (TPSA) is 59.1 Å². The number of carbonyl (C=O) groups is 2. The lowest BCUT2D eigenvalue weighted by atomic mass is 9.97. The molecule has 2 aliphatic rings. The average Bonchev–Trinajstić information content (AvgIpc) is 2.88. The van der Waals surface area contributed by atoms with Gasteiger partial charge in [-0.2, -0.15) is 0 Å². The van der Waals surface area contributed by atoms with Crippen LogP contribution in [0, 0.1) is 0 Å². The van der Waals surface area contributed by atoms with E-state index in [0.29, 0.717) is 0 Å². The maximum Gasteiger partial charge on any atom is 0.410 e. The second-order valence-corrected chi connectivity index (χ2v) is 8.55. The number of amides is 2. The van der Waals surface area contributed by atoms with Crippen LogP contribution in [0.1, 0.15) is 52.0 Å². The van der Waals surface area contributed by atoms with E-state index in [-0.39, 0.29) is 36.9 Å². The summed E-state index contributed by atoms with van der Waals surface area (Å²) in [6.07, 6.45) is 2.93. The Morgan fingerprint density at radius 3 is 2.26 bits per heavy atom. The molecule has 6 heteroatoms. The zero-order chi connectivity index (χ0) is 19.6. The van der Waals surface area contributed by atoms with Crippen molar-refractivity contribution in [3.8, 4) is 0 Å². The first-order valence-electron chi connectivity index (χ1n) is 9.69. The van der Waals surface area contributed by atoms with E-state index < -0.39 is 5.60 Å². The van der Waals surface area contributed by atoms with E-state index in [1.807, 2.05) is 56.0 Å². The van der Waals surface area contributed by atoms with E-state index in [2.05, 4.69) is 0 Å². The number of fused-ring (bicyclic) bond motifs is 2. The largest absolute Gasteiger partial charge is 0.445 e. The minimum Gasteiger partial charge on any atom is -0.445 e. The number of piperidine rings is 1. The van der Waals surface area contributed by atoms with Gasteiger partial charge in [-0.3, -0.25) is 0 Å². The van der Waals surface area contributed by atoms with Gasteiger partial charge in [-0.1, -0.05) is 30.3 Å². The lowest BCUT2D eigenvalue weighted by Gasteiger charge is -2.42. The molecule has 0 saturated carbocycles. The van der Waals surface area contributed by atoms with E-state index in [0.717, 1.165) is 31.2 Å². The molecule has 2 aliphatic heterocycles. The van der Waals surface area contributed by atoms with E-state index in [4.69, 9.17) is 9.47 Å². The molecule has 3 rings (SSSR count). The molecule has 27 heavy (non-hydrogen) atoms. The molecule has 0 aromatic heterocycles. The van der Waals surface area contributed by atoms with Crippen molar-refractivity contribution in [2.45, 2.75) is 76.8 Å². The molecule has 2 heterocycles.